The second-order valence-electron chi connectivity index (χ2n) is 13.0. The SMILES string of the molecule is CCN1C(=O)[C@H]2[C@H](CC=C3[C@H]2C[C@H]2C(=O)N(Nc4ccc(F)cc4)C(=O)[C@@]2(c2ccc(Cl)cc2)[C@H]3c2ccc(O)c3ccccc23)C1=O. The lowest BCUT2D eigenvalue weighted by molar-refractivity contribution is -0.141. The van der Waals surface area contributed by atoms with Gasteiger partial charge < -0.3 is 5.11 Å². The van der Waals surface area contributed by atoms with Crippen molar-refractivity contribution in [2.24, 2.45) is 23.7 Å². The molecule has 4 amide bonds. The Morgan fingerprint density at radius 3 is 2.29 bits per heavy atom. The Hall–Kier alpha value is -5.02. The Bertz CT molecular complexity index is 2070. The van der Waals surface area contributed by atoms with Gasteiger partial charge in [-0.25, -0.2) is 4.39 Å². The molecule has 8 rings (SSSR count). The summed E-state index contributed by atoms with van der Waals surface area (Å²) in [5, 5.41) is 13.7. The minimum absolute atomic E-state index is 0.0695. The van der Waals surface area contributed by atoms with Crippen molar-refractivity contribution in [2.75, 3.05) is 12.0 Å². The van der Waals surface area contributed by atoms with Crippen molar-refractivity contribution in [1.82, 2.24) is 9.91 Å². The van der Waals surface area contributed by atoms with Gasteiger partial charge in [-0.15, -0.1) is 0 Å². The van der Waals surface area contributed by atoms with Gasteiger partial charge in [0.1, 0.15) is 11.6 Å². The molecule has 2 heterocycles. The number of phenolic OH excluding ortho intramolecular Hbond substituents is 1. The van der Waals surface area contributed by atoms with Crippen LogP contribution in [0.4, 0.5) is 10.1 Å². The molecule has 0 bridgehead atoms. The molecule has 0 aromatic heterocycles. The Kier molecular flexibility index (Phi) is 6.96. The Morgan fingerprint density at radius 1 is 0.875 bits per heavy atom. The Morgan fingerprint density at radius 2 is 1.58 bits per heavy atom. The lowest BCUT2D eigenvalue weighted by Gasteiger charge is -2.51. The number of nitrogens with one attached hydrogen (secondary N) is 1. The minimum atomic E-state index is -1.50. The third-order valence-corrected chi connectivity index (χ3v) is 11.2. The number of allylic oxidation sites excluding steroid dienone is 2. The number of anilines is 1. The number of fused-ring (bicyclic) bond motifs is 5. The number of halogens is 2. The molecule has 242 valence electrons. The molecule has 0 radical (unpaired) electrons. The first-order valence-corrected chi connectivity index (χ1v) is 16.5. The highest BCUT2D eigenvalue weighted by atomic mass is 35.5. The molecule has 0 spiro atoms. The number of hydrogen-bond donors (Lipinski definition) is 2. The zero-order chi connectivity index (χ0) is 33.5. The second kappa shape index (κ2) is 11.0. The number of rotatable bonds is 5. The summed E-state index contributed by atoms with van der Waals surface area (Å²) >= 11 is 6.36. The third kappa shape index (κ3) is 4.13. The summed E-state index contributed by atoms with van der Waals surface area (Å²) < 4.78 is 13.8. The quantitative estimate of drug-likeness (QED) is 0.191. The van der Waals surface area contributed by atoms with E-state index in [9.17, 15) is 23.9 Å². The van der Waals surface area contributed by atoms with Crippen molar-refractivity contribution in [2.45, 2.75) is 31.1 Å². The van der Waals surface area contributed by atoms with Gasteiger partial charge in [0.05, 0.1) is 28.9 Å². The van der Waals surface area contributed by atoms with E-state index in [1.165, 1.54) is 29.2 Å². The number of carbonyl (C=O) groups is 4. The molecule has 2 aliphatic carbocycles. The molecule has 4 aromatic carbocycles. The largest absolute Gasteiger partial charge is 0.507 e. The lowest BCUT2D eigenvalue weighted by atomic mass is 9.49. The average molecular weight is 664 g/mol. The number of carbonyl (C=O) groups excluding carboxylic acids is 4. The van der Waals surface area contributed by atoms with E-state index in [2.05, 4.69) is 5.43 Å². The van der Waals surface area contributed by atoms with Crippen LogP contribution in [0.15, 0.2) is 96.6 Å². The molecule has 0 unspecified atom stereocenters. The molecule has 2 aliphatic heterocycles. The fourth-order valence-corrected chi connectivity index (χ4v) is 9.06. The van der Waals surface area contributed by atoms with Gasteiger partial charge in [0.25, 0.3) is 11.8 Å². The van der Waals surface area contributed by atoms with Crippen molar-refractivity contribution in [3.05, 3.63) is 119 Å². The normalized spacial score (nSPS) is 28.0. The van der Waals surface area contributed by atoms with E-state index in [1.54, 1.807) is 49.4 Å². The van der Waals surface area contributed by atoms with Gasteiger partial charge in [-0.1, -0.05) is 65.7 Å². The van der Waals surface area contributed by atoms with Crippen molar-refractivity contribution < 1.29 is 28.7 Å². The van der Waals surface area contributed by atoms with Crippen molar-refractivity contribution in [3.8, 4) is 5.75 Å². The zero-order valence-electron chi connectivity index (χ0n) is 25.9. The summed E-state index contributed by atoms with van der Waals surface area (Å²) in [5.74, 6) is -5.28. The van der Waals surface area contributed by atoms with Gasteiger partial charge in [0.15, 0.2) is 0 Å². The maximum Gasteiger partial charge on any atom is 0.260 e. The van der Waals surface area contributed by atoms with Crippen LogP contribution in [-0.4, -0.2) is 45.2 Å². The molecular formula is C38H31ClFN3O5. The maximum absolute atomic E-state index is 15.3. The van der Waals surface area contributed by atoms with Crippen LogP contribution in [0.2, 0.25) is 5.02 Å². The van der Waals surface area contributed by atoms with Crippen molar-refractivity contribution in [1.29, 1.82) is 0 Å². The van der Waals surface area contributed by atoms with Crippen LogP contribution >= 0.6 is 11.6 Å². The van der Waals surface area contributed by atoms with E-state index in [4.69, 9.17) is 11.6 Å². The first-order chi connectivity index (χ1) is 23.2. The van der Waals surface area contributed by atoms with Crippen LogP contribution in [0.5, 0.6) is 5.75 Å². The van der Waals surface area contributed by atoms with Gasteiger partial charge >= 0.3 is 0 Å². The summed E-state index contributed by atoms with van der Waals surface area (Å²) in [6, 6.07) is 23.0. The fourth-order valence-electron chi connectivity index (χ4n) is 8.93. The number of amides is 4. The van der Waals surface area contributed by atoms with Gasteiger partial charge in [0, 0.05) is 22.9 Å². The number of benzene rings is 4. The topological polar surface area (TPSA) is 107 Å². The molecule has 4 aromatic rings. The average Bonchev–Trinajstić information content (AvgIpc) is 3.47. The summed E-state index contributed by atoms with van der Waals surface area (Å²) in [6.07, 6.45) is 2.49. The van der Waals surface area contributed by atoms with Crippen molar-refractivity contribution in [3.63, 3.8) is 0 Å². The van der Waals surface area contributed by atoms with E-state index >= 15 is 4.79 Å². The first-order valence-electron chi connectivity index (χ1n) is 16.1. The molecule has 6 atom stereocenters. The van der Waals surface area contributed by atoms with Crippen LogP contribution in [0.3, 0.4) is 0 Å². The lowest BCUT2D eigenvalue weighted by Crippen LogP contribution is -2.53. The molecule has 8 nitrogen and oxygen atoms in total. The second-order valence-corrected chi connectivity index (χ2v) is 13.4. The predicted octanol–water partition coefficient (Wildman–Crippen LogP) is 6.34. The number of hydrazine groups is 1. The number of nitrogens with zero attached hydrogens (tertiary/aromatic N) is 2. The minimum Gasteiger partial charge on any atom is -0.507 e. The van der Waals surface area contributed by atoms with Gasteiger partial charge in [-0.2, -0.15) is 5.01 Å². The number of imide groups is 2. The highest BCUT2D eigenvalue weighted by molar-refractivity contribution is 6.30. The smallest absolute Gasteiger partial charge is 0.260 e. The standard InChI is InChI=1S/C38H31ClFN3O5/c1-2-42-34(45)28-16-15-27-29(32(28)36(42)47)19-30-35(46)43(41-23-13-11-22(40)12-14-23)37(48)38(30,20-7-9-21(39)10-8-20)33(27)26-17-18-31(44)25-6-4-3-5-24(25)26/h3-15,17-18,28-30,32-33,41,44H,2,16,19H2,1H3/t28-,29+,30-,32-,33-,38+/m0/s1. The highest BCUT2D eigenvalue weighted by Gasteiger charge is 2.70. The molecule has 3 fully saturated rings. The monoisotopic (exact) mass is 663 g/mol. The Balaban J connectivity index is 1.41. The number of likely N-dealkylation sites (tertiary alicyclic amines) is 1. The summed E-state index contributed by atoms with van der Waals surface area (Å²) in [4.78, 5) is 58.6. The molecule has 48 heavy (non-hydrogen) atoms. The van der Waals surface area contributed by atoms with Gasteiger partial charge in [-0.05, 0) is 84.7 Å². The first kappa shape index (κ1) is 30.3. The van der Waals surface area contributed by atoms with E-state index < -0.39 is 52.6 Å². The number of aromatic hydroxyl groups is 1. The van der Waals surface area contributed by atoms with E-state index in [1.807, 2.05) is 24.3 Å². The Labute approximate surface area is 280 Å². The molecule has 1 saturated carbocycles. The van der Waals surface area contributed by atoms with Crippen LogP contribution in [0.25, 0.3) is 10.8 Å². The van der Waals surface area contributed by atoms with Gasteiger partial charge in [0.2, 0.25) is 11.8 Å². The van der Waals surface area contributed by atoms with E-state index in [0.29, 0.717) is 39.0 Å². The van der Waals surface area contributed by atoms with Crippen LogP contribution < -0.4 is 5.43 Å². The van der Waals surface area contributed by atoms with Crippen LogP contribution in [0.1, 0.15) is 36.8 Å². The predicted molar refractivity (Wildman–Crippen MR) is 177 cm³/mol. The maximum atomic E-state index is 15.3. The number of phenols is 1. The highest BCUT2D eigenvalue weighted by Crippen LogP contribution is 2.64. The summed E-state index contributed by atoms with van der Waals surface area (Å²) in [6.45, 7) is 2.03. The fraction of sp³-hybridized carbons (Fsp3) is 0.263. The molecule has 10 heteroatoms. The molecule has 2 saturated heterocycles. The zero-order valence-corrected chi connectivity index (χ0v) is 26.7. The number of hydrogen-bond acceptors (Lipinski definition) is 6. The molecular weight excluding hydrogens is 633 g/mol. The van der Waals surface area contributed by atoms with Crippen LogP contribution in [-0.2, 0) is 24.6 Å². The van der Waals surface area contributed by atoms with Gasteiger partial charge in [-0.3, -0.25) is 29.5 Å². The third-order valence-electron chi connectivity index (χ3n) is 10.9. The summed E-state index contributed by atoms with van der Waals surface area (Å²) in [5.41, 5.74) is 3.92. The summed E-state index contributed by atoms with van der Waals surface area (Å²) in [7, 11) is 0. The van der Waals surface area contributed by atoms with Crippen LogP contribution in [0, 0.1) is 29.5 Å². The van der Waals surface area contributed by atoms with Crippen molar-refractivity contribution >= 4 is 51.7 Å². The molecule has 2 N–H and O–H groups in total. The van der Waals surface area contributed by atoms with E-state index in [0.717, 1.165) is 10.6 Å². The molecule has 4 aliphatic rings. The van der Waals surface area contributed by atoms with E-state index in [-0.39, 0.29) is 30.5 Å².